The molecule has 0 bridgehead atoms. The number of hydroxylamine groups is 2. The van der Waals surface area contributed by atoms with E-state index in [1.807, 2.05) is 0 Å². The molecule has 1 N–H and O–H groups in total. The molecular weight excluding hydrogens is 381 g/mol. The SMILES string of the molecule is CC(C)(C)OC(=O)ON1CCC(Oc2cc(Nc3ccc(F)nc3)ncn2)CC1. The van der Waals surface area contributed by atoms with E-state index in [1.165, 1.54) is 18.6 Å². The van der Waals surface area contributed by atoms with E-state index in [1.54, 1.807) is 38.0 Å². The number of nitrogens with one attached hydrogen (secondary N) is 1. The van der Waals surface area contributed by atoms with Crippen molar-refractivity contribution in [3.63, 3.8) is 0 Å². The van der Waals surface area contributed by atoms with E-state index < -0.39 is 17.7 Å². The summed E-state index contributed by atoms with van der Waals surface area (Å²) in [6.45, 7) is 6.41. The summed E-state index contributed by atoms with van der Waals surface area (Å²) in [6, 6.07) is 4.48. The molecule has 0 amide bonds. The highest BCUT2D eigenvalue weighted by molar-refractivity contribution is 5.60. The highest BCUT2D eigenvalue weighted by Crippen LogP contribution is 2.21. The topological polar surface area (TPSA) is 98.7 Å². The first kappa shape index (κ1) is 20.7. The van der Waals surface area contributed by atoms with Crippen LogP contribution in [0.1, 0.15) is 33.6 Å². The van der Waals surface area contributed by atoms with E-state index in [9.17, 15) is 9.18 Å². The minimum absolute atomic E-state index is 0.0660. The highest BCUT2D eigenvalue weighted by atomic mass is 19.1. The number of anilines is 2. The summed E-state index contributed by atoms with van der Waals surface area (Å²) >= 11 is 0. The molecule has 1 saturated heterocycles. The summed E-state index contributed by atoms with van der Waals surface area (Å²) in [6.07, 6.45) is 3.31. The first-order valence-electron chi connectivity index (χ1n) is 9.30. The van der Waals surface area contributed by atoms with Gasteiger partial charge in [-0.1, -0.05) is 0 Å². The molecule has 2 aromatic rings. The van der Waals surface area contributed by atoms with Crippen LogP contribution in [0.2, 0.25) is 0 Å². The number of hydrogen-bond acceptors (Lipinski definition) is 9. The monoisotopic (exact) mass is 405 g/mol. The van der Waals surface area contributed by atoms with Crippen LogP contribution in [0.25, 0.3) is 0 Å². The number of ether oxygens (including phenoxy) is 2. The molecule has 0 aromatic carbocycles. The predicted octanol–water partition coefficient (Wildman–Crippen LogP) is 3.46. The Morgan fingerprint density at radius 3 is 2.62 bits per heavy atom. The van der Waals surface area contributed by atoms with Crippen LogP contribution in [0.5, 0.6) is 5.88 Å². The molecule has 0 unspecified atom stereocenters. The Labute approximate surface area is 168 Å². The quantitative estimate of drug-likeness (QED) is 0.592. The molecule has 0 aliphatic carbocycles. The molecule has 0 radical (unpaired) electrons. The number of nitrogens with zero attached hydrogens (tertiary/aromatic N) is 4. The van der Waals surface area contributed by atoms with E-state index in [2.05, 4.69) is 20.3 Å². The molecule has 9 nitrogen and oxygen atoms in total. The summed E-state index contributed by atoms with van der Waals surface area (Å²) in [5, 5.41) is 4.59. The molecule has 10 heteroatoms. The van der Waals surface area contributed by atoms with Gasteiger partial charge in [-0.15, -0.1) is 5.06 Å². The summed E-state index contributed by atoms with van der Waals surface area (Å²) in [5.41, 5.74) is 0.00462. The van der Waals surface area contributed by atoms with Crippen LogP contribution in [-0.2, 0) is 9.57 Å². The second-order valence-electron chi connectivity index (χ2n) is 7.54. The van der Waals surface area contributed by atoms with Crippen LogP contribution in [-0.4, -0.2) is 51.0 Å². The fourth-order valence-electron chi connectivity index (χ4n) is 2.66. The number of carbonyl (C=O) groups is 1. The van der Waals surface area contributed by atoms with Gasteiger partial charge in [0.15, 0.2) is 0 Å². The van der Waals surface area contributed by atoms with Crippen LogP contribution in [0, 0.1) is 5.95 Å². The van der Waals surface area contributed by atoms with Gasteiger partial charge >= 0.3 is 6.16 Å². The third-order valence-corrected chi connectivity index (χ3v) is 3.92. The number of halogens is 1. The summed E-state index contributed by atoms with van der Waals surface area (Å²) in [4.78, 5) is 28.8. The van der Waals surface area contributed by atoms with Crippen molar-refractivity contribution in [1.29, 1.82) is 0 Å². The normalized spacial score (nSPS) is 15.6. The maximum atomic E-state index is 12.9. The van der Waals surface area contributed by atoms with Gasteiger partial charge in [0.25, 0.3) is 0 Å². The largest absolute Gasteiger partial charge is 0.528 e. The van der Waals surface area contributed by atoms with E-state index in [0.29, 0.717) is 43.3 Å². The van der Waals surface area contributed by atoms with Gasteiger partial charge in [-0.3, -0.25) is 0 Å². The minimum atomic E-state index is -0.710. The van der Waals surface area contributed by atoms with Gasteiger partial charge in [-0.25, -0.2) is 19.7 Å². The smallest absolute Gasteiger partial charge is 0.474 e. The minimum Gasteiger partial charge on any atom is -0.474 e. The van der Waals surface area contributed by atoms with Crippen molar-refractivity contribution in [3.8, 4) is 5.88 Å². The zero-order valence-corrected chi connectivity index (χ0v) is 16.6. The Hall–Kier alpha value is -3.01. The fraction of sp³-hybridized carbons (Fsp3) is 0.474. The van der Waals surface area contributed by atoms with Crippen molar-refractivity contribution in [2.45, 2.75) is 45.3 Å². The lowest BCUT2D eigenvalue weighted by atomic mass is 10.1. The maximum Gasteiger partial charge on any atom is 0.528 e. The van der Waals surface area contributed by atoms with E-state index in [4.69, 9.17) is 14.3 Å². The van der Waals surface area contributed by atoms with Crippen LogP contribution in [0.3, 0.4) is 0 Å². The lowest BCUT2D eigenvalue weighted by Gasteiger charge is -2.30. The predicted molar refractivity (Wildman–Crippen MR) is 102 cm³/mol. The number of aromatic nitrogens is 3. The van der Waals surface area contributed by atoms with Crippen LogP contribution in [0.15, 0.2) is 30.7 Å². The zero-order chi connectivity index (χ0) is 20.9. The summed E-state index contributed by atoms with van der Waals surface area (Å²) in [5.74, 6) is 0.377. The Morgan fingerprint density at radius 2 is 1.97 bits per heavy atom. The van der Waals surface area contributed by atoms with Crippen LogP contribution in [0.4, 0.5) is 20.7 Å². The van der Waals surface area contributed by atoms with Crippen LogP contribution >= 0.6 is 0 Å². The second-order valence-corrected chi connectivity index (χ2v) is 7.54. The fourth-order valence-corrected chi connectivity index (χ4v) is 2.66. The molecule has 1 aliphatic heterocycles. The van der Waals surface area contributed by atoms with Crippen molar-refractivity contribution >= 4 is 17.7 Å². The Kier molecular flexibility index (Phi) is 6.42. The second kappa shape index (κ2) is 8.99. The number of pyridine rings is 1. The first-order chi connectivity index (χ1) is 13.8. The molecular formula is C19H24FN5O4. The summed E-state index contributed by atoms with van der Waals surface area (Å²) in [7, 11) is 0. The van der Waals surface area contributed by atoms with Gasteiger partial charge in [0.2, 0.25) is 11.8 Å². The molecule has 3 heterocycles. The first-order valence-corrected chi connectivity index (χ1v) is 9.30. The molecule has 1 aliphatic rings. The molecule has 0 atom stereocenters. The van der Waals surface area contributed by atoms with Crippen molar-refractivity contribution in [1.82, 2.24) is 20.0 Å². The average molecular weight is 405 g/mol. The lowest BCUT2D eigenvalue weighted by Crippen LogP contribution is -2.40. The van der Waals surface area contributed by atoms with Crippen LogP contribution < -0.4 is 10.1 Å². The highest BCUT2D eigenvalue weighted by Gasteiger charge is 2.26. The van der Waals surface area contributed by atoms with E-state index >= 15 is 0 Å². The molecule has 156 valence electrons. The maximum absolute atomic E-state index is 12.9. The summed E-state index contributed by atoms with van der Waals surface area (Å²) < 4.78 is 24.0. The third kappa shape index (κ3) is 6.83. The van der Waals surface area contributed by atoms with Gasteiger partial charge < -0.3 is 19.6 Å². The van der Waals surface area contributed by atoms with Gasteiger partial charge in [0, 0.05) is 32.0 Å². The number of hydrogen-bond donors (Lipinski definition) is 1. The van der Waals surface area contributed by atoms with E-state index in [0.717, 1.165) is 0 Å². The third-order valence-electron chi connectivity index (χ3n) is 3.92. The van der Waals surface area contributed by atoms with Gasteiger partial charge in [-0.2, -0.15) is 4.39 Å². The molecule has 0 saturated carbocycles. The standard InChI is InChI=1S/C19H24FN5O4/c1-19(2,3)28-18(26)29-25-8-6-14(7-9-25)27-17-10-16(22-12-23-17)24-13-4-5-15(20)21-11-13/h4-5,10-12,14H,6-9H2,1-3H3,(H,22,23,24). The van der Waals surface area contributed by atoms with Crippen molar-refractivity contribution in [2.24, 2.45) is 0 Å². The Morgan fingerprint density at radius 1 is 1.21 bits per heavy atom. The zero-order valence-electron chi connectivity index (χ0n) is 16.6. The Balaban J connectivity index is 1.48. The molecule has 0 spiro atoms. The lowest BCUT2D eigenvalue weighted by molar-refractivity contribution is -0.159. The van der Waals surface area contributed by atoms with Crippen molar-refractivity contribution in [3.05, 3.63) is 36.7 Å². The molecule has 3 rings (SSSR count). The molecule has 1 fully saturated rings. The van der Waals surface area contributed by atoms with Gasteiger partial charge in [0.1, 0.15) is 23.9 Å². The number of piperidine rings is 1. The molecule has 2 aromatic heterocycles. The number of carbonyl (C=O) groups excluding carboxylic acids is 1. The Bertz CT molecular complexity index is 820. The average Bonchev–Trinajstić information content (AvgIpc) is 2.64. The van der Waals surface area contributed by atoms with Gasteiger partial charge in [0.05, 0.1) is 11.9 Å². The number of rotatable bonds is 5. The van der Waals surface area contributed by atoms with Gasteiger partial charge in [-0.05, 0) is 32.9 Å². The van der Waals surface area contributed by atoms with Crippen molar-refractivity contribution in [2.75, 3.05) is 18.4 Å². The van der Waals surface area contributed by atoms with E-state index in [-0.39, 0.29) is 6.10 Å². The van der Waals surface area contributed by atoms with Crippen molar-refractivity contribution < 1.29 is 23.5 Å². The molecule has 29 heavy (non-hydrogen) atoms.